The molecule has 1 unspecified atom stereocenters. The summed E-state index contributed by atoms with van der Waals surface area (Å²) >= 11 is 3.28. The average molecular weight is 283 g/mol. The van der Waals surface area contributed by atoms with Crippen molar-refractivity contribution in [3.63, 3.8) is 0 Å². The summed E-state index contributed by atoms with van der Waals surface area (Å²) in [5.41, 5.74) is -0.390. The first-order valence-electron chi connectivity index (χ1n) is 3.78. The summed E-state index contributed by atoms with van der Waals surface area (Å²) in [6.07, 6.45) is 0. The summed E-state index contributed by atoms with van der Waals surface area (Å²) in [7, 11) is 0. The first-order valence-corrected chi connectivity index (χ1v) is 4.58. The van der Waals surface area contributed by atoms with Crippen molar-refractivity contribution in [2.45, 2.75) is 5.60 Å². The minimum Gasteiger partial charge on any atom is -1.00 e. The monoisotopic (exact) mass is 282 g/mol. The van der Waals surface area contributed by atoms with Gasteiger partial charge < -0.3 is 11.3 Å². The maximum atomic E-state index is 10.9. The minimum atomic E-state index is -1.08. The molecule has 0 saturated carbocycles. The molecule has 1 aromatic rings. The van der Waals surface area contributed by atoms with Gasteiger partial charge in [-0.1, -0.05) is 28.1 Å². The number of carboxylic acids is 1. The topological polar surface area (TPSA) is 49.8 Å². The second-order valence-corrected chi connectivity index (χ2v) is 3.85. The number of ether oxygens (including phenoxy) is 1. The summed E-state index contributed by atoms with van der Waals surface area (Å²) in [5.74, 6) is -0.925. The molecule has 5 heteroatoms. The molecule has 70 valence electrons. The Morgan fingerprint density at radius 3 is 2.71 bits per heavy atom. The molecule has 3 nitrogen and oxygen atoms in total. The minimum absolute atomic E-state index is 0. The van der Waals surface area contributed by atoms with Crippen LogP contribution in [0.25, 0.3) is 0 Å². The van der Waals surface area contributed by atoms with Gasteiger partial charge in [0.2, 0.25) is 5.60 Å². The van der Waals surface area contributed by atoms with Crippen LogP contribution < -0.4 is 51.4 Å². The van der Waals surface area contributed by atoms with Gasteiger partial charge in [-0.3, -0.25) is 0 Å². The van der Waals surface area contributed by atoms with Crippen LogP contribution in [-0.2, 0) is 15.1 Å². The summed E-state index contributed by atoms with van der Waals surface area (Å²) in [6, 6.07) is 7.17. The van der Waals surface area contributed by atoms with Gasteiger partial charge in [0.1, 0.15) is 0 Å². The van der Waals surface area contributed by atoms with Crippen LogP contribution in [-0.4, -0.2) is 17.7 Å². The zero-order valence-electron chi connectivity index (χ0n) is 8.66. The van der Waals surface area contributed by atoms with Crippen molar-refractivity contribution < 1.29 is 67.4 Å². The molecule has 0 amide bonds. The van der Waals surface area contributed by atoms with E-state index in [-0.39, 0.29) is 59.4 Å². The Labute approximate surface area is 134 Å². The van der Waals surface area contributed by atoms with Gasteiger partial charge in [-0.15, -0.1) is 0 Å². The van der Waals surface area contributed by atoms with E-state index in [9.17, 15) is 4.79 Å². The number of hydrogen-bond donors (Lipinski definition) is 1. The number of aliphatic carboxylic acids is 1. The molecule has 1 aromatic carbocycles. The fraction of sp³-hybridized carbons (Fsp3) is 0.222. The van der Waals surface area contributed by atoms with Gasteiger partial charge >= 0.3 is 57.4 Å². The number of halogens is 1. The SMILES string of the molecule is O=C(O)C1(c2cccc(Br)c2)CO1.[H-].[K+]. The molecule has 0 aromatic heterocycles. The van der Waals surface area contributed by atoms with Crippen LogP contribution in [0.2, 0.25) is 0 Å². The fourth-order valence-corrected chi connectivity index (χ4v) is 1.62. The van der Waals surface area contributed by atoms with Gasteiger partial charge in [0, 0.05) is 4.47 Å². The van der Waals surface area contributed by atoms with E-state index >= 15 is 0 Å². The van der Waals surface area contributed by atoms with Crippen molar-refractivity contribution in [3.05, 3.63) is 34.3 Å². The first-order chi connectivity index (χ1) is 6.15. The third-order valence-electron chi connectivity index (χ3n) is 2.07. The molecule has 0 radical (unpaired) electrons. The van der Waals surface area contributed by atoms with Gasteiger partial charge in [-0.05, 0) is 17.7 Å². The van der Waals surface area contributed by atoms with E-state index in [1.165, 1.54) is 0 Å². The normalized spacial score (nSPS) is 23.8. The van der Waals surface area contributed by atoms with E-state index in [4.69, 9.17) is 9.84 Å². The molecule has 0 aliphatic carbocycles. The van der Waals surface area contributed by atoms with Crippen molar-refractivity contribution in [1.29, 1.82) is 0 Å². The van der Waals surface area contributed by atoms with Crippen molar-refractivity contribution in [1.82, 2.24) is 0 Å². The Bertz CT molecular complexity index is 368. The Hall–Kier alpha value is 0.766. The smallest absolute Gasteiger partial charge is 1.00 e. The third-order valence-corrected chi connectivity index (χ3v) is 2.56. The van der Waals surface area contributed by atoms with Gasteiger partial charge in [0.15, 0.2) is 0 Å². The van der Waals surface area contributed by atoms with Crippen molar-refractivity contribution in [2.24, 2.45) is 0 Å². The zero-order chi connectivity index (χ0) is 9.47. The molecule has 1 fully saturated rings. The second kappa shape index (κ2) is 4.74. The number of carbonyl (C=O) groups is 1. The molecule has 1 aliphatic rings. The van der Waals surface area contributed by atoms with Crippen LogP contribution >= 0.6 is 15.9 Å². The quantitative estimate of drug-likeness (QED) is 0.552. The predicted octanol–water partition coefficient (Wildman–Crippen LogP) is -1.12. The number of carboxylic acid groups (broad SMARTS) is 1. The standard InChI is InChI=1S/C9H7BrO3.K.H/c10-7-3-1-2-6(4-7)9(5-13-9)8(11)12;;/h1-4H,5H2,(H,11,12);;/q;+1;-1. The largest absolute Gasteiger partial charge is 1.00 e. The molecule has 0 bridgehead atoms. The van der Waals surface area contributed by atoms with E-state index in [1.54, 1.807) is 18.2 Å². The van der Waals surface area contributed by atoms with Crippen LogP contribution in [0.3, 0.4) is 0 Å². The first kappa shape index (κ1) is 12.8. The second-order valence-electron chi connectivity index (χ2n) is 2.93. The molecule has 0 spiro atoms. The summed E-state index contributed by atoms with van der Waals surface area (Å²) in [5, 5.41) is 8.91. The van der Waals surface area contributed by atoms with Crippen molar-refractivity contribution >= 4 is 21.9 Å². The molecular formula is C9H8BrKO3. The Morgan fingerprint density at radius 1 is 1.64 bits per heavy atom. The van der Waals surface area contributed by atoms with Crippen molar-refractivity contribution in [3.8, 4) is 0 Å². The molecule has 1 heterocycles. The van der Waals surface area contributed by atoms with E-state index in [1.807, 2.05) is 6.07 Å². The molecule has 2 rings (SSSR count). The molecule has 14 heavy (non-hydrogen) atoms. The maximum absolute atomic E-state index is 10.9. The van der Waals surface area contributed by atoms with Gasteiger partial charge in [-0.2, -0.15) is 0 Å². The van der Waals surface area contributed by atoms with E-state index in [0.29, 0.717) is 5.56 Å². The summed E-state index contributed by atoms with van der Waals surface area (Å²) in [4.78, 5) is 10.9. The zero-order valence-corrected chi connectivity index (χ0v) is 12.4. The molecular weight excluding hydrogens is 275 g/mol. The number of hydrogen-bond acceptors (Lipinski definition) is 2. The van der Waals surface area contributed by atoms with Crippen LogP contribution in [0.15, 0.2) is 28.7 Å². The van der Waals surface area contributed by atoms with Crippen LogP contribution in [0.5, 0.6) is 0 Å². The van der Waals surface area contributed by atoms with Crippen LogP contribution in [0.1, 0.15) is 6.99 Å². The third kappa shape index (κ3) is 2.29. The average Bonchev–Trinajstić information content (AvgIpc) is 2.83. The molecule has 1 atom stereocenters. The molecule has 1 aliphatic heterocycles. The van der Waals surface area contributed by atoms with Gasteiger partial charge in [0.25, 0.3) is 0 Å². The summed E-state index contributed by atoms with van der Waals surface area (Å²) in [6.45, 7) is 0.263. The van der Waals surface area contributed by atoms with Crippen LogP contribution in [0, 0.1) is 0 Å². The fourth-order valence-electron chi connectivity index (χ4n) is 1.23. The number of epoxide rings is 1. The van der Waals surface area contributed by atoms with E-state index in [2.05, 4.69) is 15.9 Å². The number of rotatable bonds is 2. The predicted molar refractivity (Wildman–Crippen MR) is 50.5 cm³/mol. The molecule has 1 N–H and O–H groups in total. The Morgan fingerprint density at radius 2 is 2.29 bits per heavy atom. The number of benzene rings is 1. The van der Waals surface area contributed by atoms with Crippen LogP contribution in [0.4, 0.5) is 0 Å². The maximum Gasteiger partial charge on any atom is 1.00 e. The Kier molecular flexibility index (Phi) is 4.34. The van der Waals surface area contributed by atoms with Gasteiger partial charge in [0.05, 0.1) is 6.61 Å². The summed E-state index contributed by atoms with van der Waals surface area (Å²) < 4.78 is 5.84. The van der Waals surface area contributed by atoms with E-state index in [0.717, 1.165) is 4.47 Å². The van der Waals surface area contributed by atoms with Crippen molar-refractivity contribution in [2.75, 3.05) is 6.61 Å². The molecule has 1 saturated heterocycles. The Balaban J connectivity index is 0.000000980. The van der Waals surface area contributed by atoms with Gasteiger partial charge in [-0.25, -0.2) is 4.79 Å². The van der Waals surface area contributed by atoms with E-state index < -0.39 is 11.6 Å².